The van der Waals surface area contributed by atoms with Crippen LogP contribution >= 0.6 is 23.5 Å². The van der Waals surface area contributed by atoms with E-state index in [0.717, 1.165) is 25.9 Å². The van der Waals surface area contributed by atoms with Gasteiger partial charge in [-0.15, -0.1) is 0 Å². The molecule has 204 valence electrons. The average Bonchev–Trinajstić information content (AvgIpc) is 3.22. The monoisotopic (exact) mass is 579 g/mol. The fourth-order valence-electron chi connectivity index (χ4n) is 2.79. The van der Waals surface area contributed by atoms with Crippen molar-refractivity contribution in [1.29, 1.82) is 0 Å². The van der Waals surface area contributed by atoms with Crippen LogP contribution in [0.25, 0.3) is 10.4 Å². The molecule has 0 aliphatic carbocycles. The highest BCUT2D eigenvalue weighted by atomic mass is 31.3. The molecule has 0 radical (unpaired) electrons. The molecule has 0 aromatic carbocycles. The highest BCUT2D eigenvalue weighted by Gasteiger charge is 2.46. The molecule has 1 aliphatic rings. The summed E-state index contributed by atoms with van der Waals surface area (Å²) in [6, 6.07) is 0. The van der Waals surface area contributed by atoms with Crippen LogP contribution in [-0.2, 0) is 49.9 Å². The molecule has 1 fully saturated rings. The summed E-state index contributed by atoms with van der Waals surface area (Å²) in [6.07, 6.45) is -1.73. The van der Waals surface area contributed by atoms with Crippen molar-refractivity contribution in [3.63, 3.8) is 0 Å². The van der Waals surface area contributed by atoms with Crippen LogP contribution in [0.2, 0.25) is 0 Å². The Labute approximate surface area is 203 Å². The predicted octanol–water partition coefficient (Wildman–Crippen LogP) is 2.09. The van der Waals surface area contributed by atoms with Crippen molar-refractivity contribution in [2.75, 3.05) is 34.7 Å². The van der Waals surface area contributed by atoms with Crippen molar-refractivity contribution in [1.82, 2.24) is 9.55 Å². The van der Waals surface area contributed by atoms with Gasteiger partial charge in [0.05, 0.1) is 12.7 Å². The van der Waals surface area contributed by atoms with Gasteiger partial charge in [-0.25, -0.2) is 18.5 Å². The molecule has 3 unspecified atom stereocenters. The van der Waals surface area contributed by atoms with Gasteiger partial charge in [-0.3, -0.25) is 32.4 Å². The fraction of sp³-hybridized carbons (Fsp3) is 0.714. The van der Waals surface area contributed by atoms with E-state index < -0.39 is 66.5 Å². The second-order valence-corrected chi connectivity index (χ2v) is 12.2. The van der Waals surface area contributed by atoms with E-state index in [1.165, 1.54) is 13.1 Å². The quantitative estimate of drug-likeness (QED) is 0.139. The lowest BCUT2D eigenvalue weighted by molar-refractivity contribution is -0.0607. The second-order valence-electron chi connectivity index (χ2n) is 6.78. The molecule has 2 N–H and O–H groups in total. The van der Waals surface area contributed by atoms with Gasteiger partial charge in [0.1, 0.15) is 19.1 Å². The maximum Gasteiger partial charge on any atom is 0.492 e. The molecule has 2 heterocycles. The topological polar surface area (TPSA) is 249 Å². The molecule has 1 aromatic heterocycles. The highest BCUT2D eigenvalue weighted by molar-refractivity contribution is 7.67. The third kappa shape index (κ3) is 8.16. The molecule has 1 aromatic rings. The summed E-state index contributed by atoms with van der Waals surface area (Å²) in [6.45, 7) is 0.406. The lowest BCUT2D eigenvalue weighted by atomic mass is 10.2. The SMILES string of the molecule is COP(=O)(O)OP(=O)(OC)OP(=O)(OC)OC[C@H]1O[C@@H](n2cc(C)c(=O)[nH]c2=O)C[C@@H]1OCN=[N+]=[N-]. The molecule has 2 rings (SSSR count). The van der Waals surface area contributed by atoms with E-state index >= 15 is 0 Å². The number of aryl methyl sites for hydroxylation is 1. The first-order valence-corrected chi connectivity index (χ1v) is 14.1. The summed E-state index contributed by atoms with van der Waals surface area (Å²) in [7, 11) is -12.3. The van der Waals surface area contributed by atoms with Crippen LogP contribution in [0.4, 0.5) is 0 Å². The second kappa shape index (κ2) is 12.7. The number of aromatic amines is 1. The zero-order chi connectivity index (χ0) is 27.1. The maximum atomic E-state index is 12.9. The summed E-state index contributed by atoms with van der Waals surface area (Å²) >= 11 is 0. The average molecular weight is 579 g/mol. The molecule has 6 atom stereocenters. The molecular formula is C14H24N5O14P3. The lowest BCUT2D eigenvalue weighted by Crippen LogP contribution is -2.33. The number of ether oxygens (including phenoxy) is 2. The molecule has 36 heavy (non-hydrogen) atoms. The van der Waals surface area contributed by atoms with E-state index in [1.807, 2.05) is 0 Å². The minimum absolute atomic E-state index is 0.000283. The summed E-state index contributed by atoms with van der Waals surface area (Å²) in [5.74, 6) is 0. The molecule has 19 nitrogen and oxygen atoms in total. The number of azide groups is 1. The molecule has 1 saturated heterocycles. The number of H-pyrrole nitrogens is 1. The van der Waals surface area contributed by atoms with Crippen molar-refractivity contribution in [3.05, 3.63) is 43.0 Å². The zero-order valence-corrected chi connectivity index (χ0v) is 22.0. The summed E-state index contributed by atoms with van der Waals surface area (Å²) < 4.78 is 76.5. The summed E-state index contributed by atoms with van der Waals surface area (Å²) in [5, 5.41) is 3.25. The van der Waals surface area contributed by atoms with Gasteiger partial charge in [-0.1, -0.05) is 5.11 Å². The summed E-state index contributed by atoms with van der Waals surface area (Å²) in [5.41, 5.74) is 7.33. The van der Waals surface area contributed by atoms with Crippen molar-refractivity contribution in [2.24, 2.45) is 5.11 Å². The minimum Gasteiger partial charge on any atom is -0.369 e. The zero-order valence-electron chi connectivity index (χ0n) is 19.3. The Bertz CT molecular complexity index is 1230. The highest BCUT2D eigenvalue weighted by Crippen LogP contribution is 2.71. The Hall–Kier alpha value is -1.68. The molecule has 22 heteroatoms. The smallest absolute Gasteiger partial charge is 0.369 e. The summed E-state index contributed by atoms with van der Waals surface area (Å²) in [4.78, 5) is 38.0. The number of nitrogens with one attached hydrogen (secondary N) is 1. The standard InChI is InChI=1S/C14H24N5O14P3/c1-9-6-19(14(21)17-13(9)20)12-5-10(29-8-16-18-15)11(31-12)7-30-35(24,27-3)33-36(25,28-4)32-34(22,23)26-2/h6,10-12H,5,7-8H2,1-4H3,(H,22,23)(H,17,20,21)/t10-,11+,12+,35?,36?/m0/s1. The molecule has 0 saturated carbocycles. The first-order chi connectivity index (χ1) is 16.8. The van der Waals surface area contributed by atoms with Gasteiger partial charge >= 0.3 is 29.2 Å². The number of nitrogens with zero attached hydrogens (tertiary/aromatic N) is 4. The first kappa shape index (κ1) is 30.5. The van der Waals surface area contributed by atoms with Crippen molar-refractivity contribution in [3.8, 4) is 0 Å². The Morgan fingerprint density at radius 3 is 2.44 bits per heavy atom. The number of hydrogen-bond acceptors (Lipinski definition) is 14. The van der Waals surface area contributed by atoms with E-state index in [4.69, 9.17) is 19.5 Å². The van der Waals surface area contributed by atoms with Crippen LogP contribution in [0.5, 0.6) is 0 Å². The number of phosphoric ester groups is 2. The van der Waals surface area contributed by atoms with E-state index in [1.54, 1.807) is 0 Å². The van der Waals surface area contributed by atoms with E-state index in [2.05, 4.69) is 37.2 Å². The van der Waals surface area contributed by atoms with Gasteiger partial charge in [0, 0.05) is 44.4 Å². The fourth-order valence-corrected chi connectivity index (χ4v) is 6.86. The maximum absolute atomic E-state index is 12.9. The Kier molecular flexibility index (Phi) is 10.8. The van der Waals surface area contributed by atoms with Gasteiger partial charge in [0.2, 0.25) is 0 Å². The van der Waals surface area contributed by atoms with Crippen LogP contribution in [0.15, 0.2) is 20.9 Å². The number of rotatable bonds is 14. The Morgan fingerprint density at radius 2 is 1.86 bits per heavy atom. The molecule has 0 bridgehead atoms. The number of hydrogen-bond donors (Lipinski definition) is 2. The third-order valence-electron chi connectivity index (χ3n) is 4.52. The first-order valence-electron chi connectivity index (χ1n) is 9.68. The van der Waals surface area contributed by atoms with Crippen molar-refractivity contribution in [2.45, 2.75) is 31.8 Å². The van der Waals surface area contributed by atoms with Gasteiger partial charge in [0.25, 0.3) is 5.56 Å². The van der Waals surface area contributed by atoms with Crippen LogP contribution in [0, 0.1) is 6.92 Å². The normalized spacial score (nSPS) is 24.9. The van der Waals surface area contributed by atoms with E-state index in [9.17, 15) is 28.2 Å². The van der Waals surface area contributed by atoms with Crippen LogP contribution < -0.4 is 11.2 Å². The van der Waals surface area contributed by atoms with Crippen molar-refractivity contribution >= 4 is 23.5 Å². The van der Waals surface area contributed by atoms with E-state index in [0.29, 0.717) is 0 Å². The van der Waals surface area contributed by atoms with Gasteiger partial charge in [-0.2, -0.15) is 8.62 Å². The molecule has 0 spiro atoms. The minimum atomic E-state index is -5.01. The molecular weight excluding hydrogens is 555 g/mol. The van der Waals surface area contributed by atoms with Crippen LogP contribution in [0.3, 0.4) is 0 Å². The van der Waals surface area contributed by atoms with Gasteiger partial charge < -0.3 is 14.4 Å². The van der Waals surface area contributed by atoms with E-state index in [-0.39, 0.29) is 12.0 Å². The van der Waals surface area contributed by atoms with Crippen molar-refractivity contribution < 1.29 is 54.8 Å². The number of aromatic nitrogens is 2. The lowest BCUT2D eigenvalue weighted by Gasteiger charge is -2.24. The Morgan fingerprint density at radius 1 is 1.19 bits per heavy atom. The van der Waals surface area contributed by atoms with Gasteiger partial charge in [0.15, 0.2) is 0 Å². The van der Waals surface area contributed by atoms with Crippen LogP contribution in [0.1, 0.15) is 18.2 Å². The number of phosphoric acid groups is 3. The predicted molar refractivity (Wildman–Crippen MR) is 118 cm³/mol. The van der Waals surface area contributed by atoms with Crippen LogP contribution in [-0.4, -0.2) is 61.3 Å². The van der Waals surface area contributed by atoms with Gasteiger partial charge in [-0.05, 0) is 12.5 Å². The molecule has 1 aliphatic heterocycles. The Balaban J connectivity index is 2.23. The third-order valence-corrected chi connectivity index (χ3v) is 9.57. The molecule has 0 amide bonds. The largest absolute Gasteiger partial charge is 0.492 e.